The third-order valence-corrected chi connectivity index (χ3v) is 3.05. The van der Waals surface area contributed by atoms with Crippen LogP contribution in [-0.4, -0.2) is 41.6 Å². The molecule has 3 aliphatic heterocycles. The molecule has 0 aliphatic carbocycles. The summed E-state index contributed by atoms with van der Waals surface area (Å²) in [5, 5.41) is 2.80. The van der Waals surface area contributed by atoms with Gasteiger partial charge in [0.25, 0.3) is 0 Å². The maximum atomic E-state index is 11.4. The van der Waals surface area contributed by atoms with Gasteiger partial charge in [-0.25, -0.2) is 4.79 Å². The standard InChI is InChI=1S/C8H10N2O3/c11-6-3-4-7-5(13-6)1-2-10(7)8(12)9-4/h4-5,7H,1-3H2,(H,9,12)/t4-,5-,7-/m0/s1. The van der Waals surface area contributed by atoms with Crippen molar-refractivity contribution < 1.29 is 14.3 Å². The molecule has 3 atom stereocenters. The lowest BCUT2D eigenvalue weighted by molar-refractivity contribution is -0.155. The van der Waals surface area contributed by atoms with Gasteiger partial charge in [0.05, 0.1) is 18.5 Å². The van der Waals surface area contributed by atoms with Gasteiger partial charge in [0.2, 0.25) is 0 Å². The van der Waals surface area contributed by atoms with Crippen LogP contribution in [0.15, 0.2) is 0 Å². The van der Waals surface area contributed by atoms with E-state index in [1.54, 1.807) is 4.90 Å². The summed E-state index contributed by atoms with van der Waals surface area (Å²) in [4.78, 5) is 24.2. The molecule has 0 spiro atoms. The number of carbonyl (C=O) groups excluding carboxylic acids is 2. The first-order valence-corrected chi connectivity index (χ1v) is 4.52. The molecule has 0 aromatic rings. The van der Waals surface area contributed by atoms with E-state index in [0.717, 1.165) is 6.42 Å². The molecule has 3 saturated heterocycles. The van der Waals surface area contributed by atoms with Crippen LogP contribution in [-0.2, 0) is 9.53 Å². The Bertz CT molecular complexity index is 289. The lowest BCUT2D eigenvalue weighted by atomic mass is 9.99. The number of hydrogen-bond acceptors (Lipinski definition) is 3. The second kappa shape index (κ2) is 2.16. The van der Waals surface area contributed by atoms with Crippen molar-refractivity contribution in [3.05, 3.63) is 0 Å². The summed E-state index contributed by atoms with van der Waals surface area (Å²) in [6.07, 6.45) is 1.05. The Morgan fingerprint density at radius 3 is 3.15 bits per heavy atom. The number of rotatable bonds is 0. The van der Waals surface area contributed by atoms with E-state index in [2.05, 4.69) is 5.32 Å². The van der Waals surface area contributed by atoms with Crippen molar-refractivity contribution in [2.75, 3.05) is 6.54 Å². The lowest BCUT2D eigenvalue weighted by Gasteiger charge is -2.29. The molecule has 2 amide bonds. The Labute approximate surface area is 75.0 Å². The Balaban J connectivity index is 1.95. The number of hydrogen-bond donors (Lipinski definition) is 1. The van der Waals surface area contributed by atoms with E-state index >= 15 is 0 Å². The molecule has 3 rings (SSSR count). The van der Waals surface area contributed by atoms with Crippen molar-refractivity contribution in [1.82, 2.24) is 10.2 Å². The molecule has 70 valence electrons. The van der Waals surface area contributed by atoms with Crippen LogP contribution in [0.25, 0.3) is 0 Å². The zero-order chi connectivity index (χ0) is 9.00. The van der Waals surface area contributed by atoms with Gasteiger partial charge in [-0.05, 0) is 0 Å². The average Bonchev–Trinajstić information content (AvgIpc) is 2.58. The molecule has 0 unspecified atom stereocenters. The summed E-state index contributed by atoms with van der Waals surface area (Å²) < 4.78 is 5.17. The third kappa shape index (κ3) is 0.814. The van der Waals surface area contributed by atoms with E-state index < -0.39 is 0 Å². The van der Waals surface area contributed by atoms with Crippen LogP contribution in [0, 0.1) is 0 Å². The van der Waals surface area contributed by atoms with Gasteiger partial charge in [0.15, 0.2) is 0 Å². The highest BCUT2D eigenvalue weighted by Crippen LogP contribution is 2.33. The maximum absolute atomic E-state index is 11.4. The van der Waals surface area contributed by atoms with Crippen LogP contribution in [0.2, 0.25) is 0 Å². The van der Waals surface area contributed by atoms with Crippen LogP contribution < -0.4 is 5.32 Å². The minimum atomic E-state index is -0.185. The predicted molar refractivity (Wildman–Crippen MR) is 41.9 cm³/mol. The highest BCUT2D eigenvalue weighted by Gasteiger charge is 2.52. The van der Waals surface area contributed by atoms with E-state index in [1.807, 2.05) is 0 Å². The fourth-order valence-electron chi connectivity index (χ4n) is 2.52. The zero-order valence-corrected chi connectivity index (χ0v) is 7.03. The molecule has 5 heteroatoms. The first-order valence-electron chi connectivity index (χ1n) is 4.52. The third-order valence-electron chi connectivity index (χ3n) is 3.05. The summed E-state index contributed by atoms with van der Waals surface area (Å²) in [5.41, 5.74) is 0. The van der Waals surface area contributed by atoms with Gasteiger partial charge in [-0.1, -0.05) is 0 Å². The van der Waals surface area contributed by atoms with Gasteiger partial charge in [0, 0.05) is 13.0 Å². The minimum absolute atomic E-state index is 0.0127. The summed E-state index contributed by atoms with van der Waals surface area (Å²) >= 11 is 0. The van der Waals surface area contributed by atoms with Crippen molar-refractivity contribution >= 4 is 12.0 Å². The zero-order valence-electron chi connectivity index (χ0n) is 7.03. The van der Waals surface area contributed by atoms with Crippen molar-refractivity contribution in [3.8, 4) is 0 Å². The van der Waals surface area contributed by atoms with E-state index in [9.17, 15) is 9.59 Å². The van der Waals surface area contributed by atoms with Crippen LogP contribution in [0.5, 0.6) is 0 Å². The SMILES string of the molecule is O=C1C[C@@H]2NC(=O)N3CC[C@H](O1)[C@H]23. The number of nitrogens with zero attached hydrogens (tertiary/aromatic N) is 1. The second-order valence-electron chi connectivity index (χ2n) is 3.76. The van der Waals surface area contributed by atoms with Crippen LogP contribution in [0.4, 0.5) is 4.79 Å². The molecular weight excluding hydrogens is 172 g/mol. The fraction of sp³-hybridized carbons (Fsp3) is 0.750. The molecule has 0 aromatic heterocycles. The first kappa shape index (κ1) is 7.17. The number of ether oxygens (including phenoxy) is 1. The Kier molecular flexibility index (Phi) is 1.19. The molecule has 3 heterocycles. The van der Waals surface area contributed by atoms with Crippen molar-refractivity contribution in [3.63, 3.8) is 0 Å². The van der Waals surface area contributed by atoms with Crippen LogP contribution in [0.1, 0.15) is 12.8 Å². The monoisotopic (exact) mass is 182 g/mol. The molecule has 3 aliphatic rings. The lowest BCUT2D eigenvalue weighted by Crippen LogP contribution is -2.47. The molecule has 3 fully saturated rings. The van der Waals surface area contributed by atoms with E-state index in [4.69, 9.17) is 4.74 Å². The van der Waals surface area contributed by atoms with Gasteiger partial charge in [0.1, 0.15) is 6.10 Å². The number of urea groups is 1. The smallest absolute Gasteiger partial charge is 0.318 e. The summed E-state index contributed by atoms with van der Waals surface area (Å²) in [5.74, 6) is -0.185. The average molecular weight is 182 g/mol. The fourth-order valence-corrected chi connectivity index (χ4v) is 2.52. The highest BCUT2D eigenvalue weighted by atomic mass is 16.5. The number of esters is 1. The van der Waals surface area contributed by atoms with E-state index in [1.165, 1.54) is 0 Å². The van der Waals surface area contributed by atoms with Crippen molar-refractivity contribution in [2.45, 2.75) is 31.0 Å². The number of nitrogens with one attached hydrogen (secondary N) is 1. The largest absolute Gasteiger partial charge is 0.460 e. The first-order chi connectivity index (χ1) is 6.25. The topological polar surface area (TPSA) is 58.6 Å². The molecule has 0 bridgehead atoms. The number of amides is 2. The molecular formula is C8H10N2O3. The Morgan fingerprint density at radius 1 is 1.46 bits per heavy atom. The second-order valence-corrected chi connectivity index (χ2v) is 3.76. The van der Waals surface area contributed by atoms with Crippen LogP contribution >= 0.6 is 0 Å². The quantitative estimate of drug-likeness (QED) is 0.512. The van der Waals surface area contributed by atoms with Gasteiger partial charge in [-0.2, -0.15) is 0 Å². The molecule has 13 heavy (non-hydrogen) atoms. The van der Waals surface area contributed by atoms with Crippen molar-refractivity contribution in [1.29, 1.82) is 0 Å². The summed E-state index contributed by atoms with van der Waals surface area (Å²) in [6, 6.07) is 0.0437. The normalized spacial score (nSPS) is 41.5. The van der Waals surface area contributed by atoms with E-state index in [-0.39, 0.29) is 30.2 Å². The number of carbonyl (C=O) groups is 2. The summed E-state index contributed by atoms with van der Waals surface area (Å²) in [7, 11) is 0. The predicted octanol–water partition coefficient (Wildman–Crippen LogP) is -0.532. The van der Waals surface area contributed by atoms with Gasteiger partial charge >= 0.3 is 12.0 Å². The minimum Gasteiger partial charge on any atom is -0.460 e. The molecule has 1 N–H and O–H groups in total. The Hall–Kier alpha value is -1.26. The van der Waals surface area contributed by atoms with Gasteiger partial charge in [-0.3, -0.25) is 4.79 Å². The molecule has 5 nitrogen and oxygen atoms in total. The summed E-state index contributed by atoms with van der Waals surface area (Å²) in [6.45, 7) is 0.713. The molecule has 0 aromatic carbocycles. The van der Waals surface area contributed by atoms with Crippen molar-refractivity contribution in [2.24, 2.45) is 0 Å². The highest BCUT2D eigenvalue weighted by molar-refractivity contribution is 5.82. The maximum Gasteiger partial charge on any atom is 0.318 e. The Morgan fingerprint density at radius 2 is 2.31 bits per heavy atom. The van der Waals surface area contributed by atoms with Gasteiger partial charge in [-0.15, -0.1) is 0 Å². The van der Waals surface area contributed by atoms with E-state index in [0.29, 0.717) is 13.0 Å². The van der Waals surface area contributed by atoms with Gasteiger partial charge < -0.3 is 15.0 Å². The molecule has 0 saturated carbocycles. The molecule has 0 radical (unpaired) electrons. The van der Waals surface area contributed by atoms with Crippen LogP contribution in [0.3, 0.4) is 0 Å².